The first-order chi connectivity index (χ1) is 14.8. The van der Waals surface area contributed by atoms with Crippen LogP contribution in [0.25, 0.3) is 0 Å². The van der Waals surface area contributed by atoms with Gasteiger partial charge in [0.25, 0.3) is 5.91 Å². The molecule has 0 aromatic heterocycles. The standard InChI is InChI=1S/C22H20ClFN4O3/c1-27-17-11-28(12-18(29)25-10-13-6-8-14(24)9-7-13)21(30)19(17)20(26-22(27)31)15-4-2-3-5-16(15)23/h2-9,20H,10-12H2,1H3,(H,25,29)(H,26,31)/t20-/m1/s1. The van der Waals surface area contributed by atoms with E-state index in [-0.39, 0.29) is 43.3 Å². The molecular formula is C22H20ClFN4O3. The fourth-order valence-electron chi connectivity index (χ4n) is 3.73. The van der Waals surface area contributed by atoms with E-state index in [4.69, 9.17) is 11.6 Å². The number of hydrogen-bond acceptors (Lipinski definition) is 3. The average molecular weight is 443 g/mol. The molecule has 0 radical (unpaired) electrons. The van der Waals surface area contributed by atoms with Crippen LogP contribution < -0.4 is 10.6 Å². The fraction of sp³-hybridized carbons (Fsp3) is 0.227. The van der Waals surface area contributed by atoms with Crippen LogP contribution in [0.2, 0.25) is 5.02 Å². The Labute approximate surface area is 183 Å². The van der Waals surface area contributed by atoms with Crippen molar-refractivity contribution in [2.75, 3.05) is 20.1 Å². The lowest BCUT2D eigenvalue weighted by Crippen LogP contribution is -2.45. The Morgan fingerprint density at radius 3 is 2.61 bits per heavy atom. The van der Waals surface area contributed by atoms with Gasteiger partial charge >= 0.3 is 6.03 Å². The van der Waals surface area contributed by atoms with Crippen molar-refractivity contribution >= 4 is 29.4 Å². The van der Waals surface area contributed by atoms with Gasteiger partial charge in [0.2, 0.25) is 5.91 Å². The molecule has 0 fully saturated rings. The Morgan fingerprint density at radius 2 is 1.90 bits per heavy atom. The van der Waals surface area contributed by atoms with E-state index >= 15 is 0 Å². The molecule has 0 unspecified atom stereocenters. The third kappa shape index (κ3) is 4.11. The summed E-state index contributed by atoms with van der Waals surface area (Å²) in [5, 5.41) is 5.98. The second-order valence-corrected chi connectivity index (χ2v) is 7.80. The Balaban J connectivity index is 1.49. The Hall–Kier alpha value is -3.39. The van der Waals surface area contributed by atoms with E-state index in [1.165, 1.54) is 21.9 Å². The lowest BCUT2D eigenvalue weighted by Gasteiger charge is -2.31. The molecule has 2 aliphatic rings. The molecule has 9 heteroatoms. The third-order valence-electron chi connectivity index (χ3n) is 5.39. The van der Waals surface area contributed by atoms with Crippen molar-refractivity contribution in [1.82, 2.24) is 20.4 Å². The second kappa shape index (κ2) is 8.39. The molecule has 2 N–H and O–H groups in total. The molecule has 0 saturated carbocycles. The van der Waals surface area contributed by atoms with Gasteiger partial charge in [0.05, 0.1) is 23.9 Å². The number of benzene rings is 2. The SMILES string of the molecule is CN1C(=O)N[C@H](c2ccccc2Cl)C2=C1CN(CC(=O)NCc1ccc(F)cc1)C2=O. The molecule has 31 heavy (non-hydrogen) atoms. The van der Waals surface area contributed by atoms with Crippen LogP contribution in [-0.4, -0.2) is 47.8 Å². The van der Waals surface area contributed by atoms with Crippen molar-refractivity contribution in [2.45, 2.75) is 12.6 Å². The van der Waals surface area contributed by atoms with E-state index in [9.17, 15) is 18.8 Å². The number of halogens is 2. The summed E-state index contributed by atoms with van der Waals surface area (Å²) in [6.45, 7) is 0.198. The first-order valence-corrected chi connectivity index (χ1v) is 10.0. The second-order valence-electron chi connectivity index (χ2n) is 7.39. The smallest absolute Gasteiger partial charge is 0.322 e. The number of likely N-dealkylation sites (N-methyl/N-ethyl adjacent to an activating group) is 1. The summed E-state index contributed by atoms with van der Waals surface area (Å²) >= 11 is 6.31. The van der Waals surface area contributed by atoms with Gasteiger partial charge in [-0.25, -0.2) is 9.18 Å². The Bertz CT molecular complexity index is 1090. The largest absolute Gasteiger partial charge is 0.350 e. The monoisotopic (exact) mass is 442 g/mol. The van der Waals surface area contributed by atoms with Gasteiger partial charge in [-0.05, 0) is 29.3 Å². The molecule has 2 heterocycles. The number of nitrogens with zero attached hydrogens (tertiary/aromatic N) is 2. The minimum atomic E-state index is -0.688. The topological polar surface area (TPSA) is 81.8 Å². The molecule has 4 rings (SSSR count). The predicted molar refractivity (Wildman–Crippen MR) is 112 cm³/mol. The number of nitrogens with one attached hydrogen (secondary N) is 2. The van der Waals surface area contributed by atoms with E-state index in [0.29, 0.717) is 21.9 Å². The van der Waals surface area contributed by atoms with E-state index in [1.807, 2.05) is 0 Å². The van der Waals surface area contributed by atoms with Gasteiger partial charge in [0, 0.05) is 18.6 Å². The van der Waals surface area contributed by atoms with E-state index in [0.717, 1.165) is 5.56 Å². The maximum Gasteiger partial charge on any atom is 0.322 e. The van der Waals surface area contributed by atoms with Crippen LogP contribution in [-0.2, 0) is 16.1 Å². The van der Waals surface area contributed by atoms with Crippen molar-refractivity contribution in [3.8, 4) is 0 Å². The average Bonchev–Trinajstić information content (AvgIpc) is 3.07. The maximum absolute atomic E-state index is 13.2. The molecule has 0 bridgehead atoms. The highest BCUT2D eigenvalue weighted by Crippen LogP contribution is 2.37. The molecular weight excluding hydrogens is 423 g/mol. The number of carbonyl (C=O) groups excluding carboxylic acids is 3. The molecule has 0 spiro atoms. The van der Waals surface area contributed by atoms with E-state index in [2.05, 4.69) is 10.6 Å². The van der Waals surface area contributed by atoms with Crippen LogP contribution in [0.3, 0.4) is 0 Å². The highest BCUT2D eigenvalue weighted by atomic mass is 35.5. The normalized spacial score (nSPS) is 18.2. The highest BCUT2D eigenvalue weighted by Gasteiger charge is 2.43. The maximum atomic E-state index is 13.2. The van der Waals surface area contributed by atoms with Gasteiger partial charge in [-0.2, -0.15) is 0 Å². The van der Waals surface area contributed by atoms with Crippen molar-refractivity contribution in [1.29, 1.82) is 0 Å². The zero-order valence-electron chi connectivity index (χ0n) is 16.7. The lowest BCUT2D eigenvalue weighted by atomic mass is 9.96. The molecule has 2 aliphatic heterocycles. The molecule has 0 saturated heterocycles. The summed E-state index contributed by atoms with van der Waals surface area (Å²) in [4.78, 5) is 40.8. The Morgan fingerprint density at radius 1 is 1.19 bits per heavy atom. The van der Waals surface area contributed by atoms with Crippen LogP contribution in [0, 0.1) is 5.82 Å². The molecule has 2 aromatic carbocycles. The number of carbonyl (C=O) groups is 3. The zero-order valence-corrected chi connectivity index (χ0v) is 17.4. The Kier molecular flexibility index (Phi) is 5.65. The molecule has 7 nitrogen and oxygen atoms in total. The first-order valence-electron chi connectivity index (χ1n) is 9.67. The van der Waals surface area contributed by atoms with Gasteiger partial charge in [-0.3, -0.25) is 14.5 Å². The minimum Gasteiger partial charge on any atom is -0.350 e. The van der Waals surface area contributed by atoms with Crippen molar-refractivity contribution in [3.63, 3.8) is 0 Å². The van der Waals surface area contributed by atoms with Crippen molar-refractivity contribution in [3.05, 3.63) is 81.8 Å². The highest BCUT2D eigenvalue weighted by molar-refractivity contribution is 6.31. The third-order valence-corrected chi connectivity index (χ3v) is 5.73. The number of urea groups is 1. The van der Waals surface area contributed by atoms with Gasteiger partial charge < -0.3 is 15.5 Å². The summed E-state index contributed by atoms with van der Waals surface area (Å²) in [7, 11) is 1.58. The van der Waals surface area contributed by atoms with E-state index < -0.39 is 6.04 Å². The van der Waals surface area contributed by atoms with Gasteiger partial charge in [-0.15, -0.1) is 0 Å². The zero-order chi connectivity index (χ0) is 22.1. The number of hydrogen-bond donors (Lipinski definition) is 2. The summed E-state index contributed by atoms with van der Waals surface area (Å²) in [5.41, 5.74) is 2.31. The van der Waals surface area contributed by atoms with E-state index in [1.54, 1.807) is 43.4 Å². The molecule has 4 amide bonds. The lowest BCUT2D eigenvalue weighted by molar-refractivity contribution is -0.132. The first kappa shape index (κ1) is 20.9. The van der Waals surface area contributed by atoms with Crippen LogP contribution in [0.5, 0.6) is 0 Å². The summed E-state index contributed by atoms with van der Waals surface area (Å²) < 4.78 is 13.0. The van der Waals surface area contributed by atoms with Crippen LogP contribution in [0.15, 0.2) is 59.8 Å². The van der Waals surface area contributed by atoms with Gasteiger partial charge in [0.15, 0.2) is 0 Å². The van der Waals surface area contributed by atoms with Crippen LogP contribution in [0.4, 0.5) is 9.18 Å². The minimum absolute atomic E-state index is 0.142. The van der Waals surface area contributed by atoms with Gasteiger partial charge in [0.1, 0.15) is 12.4 Å². The molecule has 160 valence electrons. The van der Waals surface area contributed by atoms with Crippen molar-refractivity contribution < 1.29 is 18.8 Å². The number of rotatable bonds is 5. The summed E-state index contributed by atoms with van der Waals surface area (Å²) in [6, 6.07) is 11.8. The molecule has 2 aromatic rings. The summed E-state index contributed by atoms with van der Waals surface area (Å²) in [6.07, 6.45) is 0. The molecule has 0 aliphatic carbocycles. The van der Waals surface area contributed by atoms with Crippen LogP contribution in [0.1, 0.15) is 17.2 Å². The van der Waals surface area contributed by atoms with Gasteiger partial charge in [-0.1, -0.05) is 41.9 Å². The van der Waals surface area contributed by atoms with Crippen molar-refractivity contribution in [2.24, 2.45) is 0 Å². The quantitative estimate of drug-likeness (QED) is 0.746. The molecule has 1 atom stereocenters. The predicted octanol–water partition coefficient (Wildman–Crippen LogP) is 2.59. The number of amides is 4. The fourth-order valence-corrected chi connectivity index (χ4v) is 3.97. The summed E-state index contributed by atoms with van der Waals surface area (Å²) in [5.74, 6) is -1.03. The van der Waals surface area contributed by atoms with Crippen LogP contribution >= 0.6 is 11.6 Å².